The van der Waals surface area contributed by atoms with E-state index in [1.165, 1.54) is 10.0 Å². The Hall–Kier alpha value is -3.54. The molecule has 1 atom stereocenters. The van der Waals surface area contributed by atoms with E-state index in [-0.39, 0.29) is 11.8 Å². The number of hydrogen-bond donors (Lipinski definition) is 0. The van der Waals surface area contributed by atoms with Crippen LogP contribution in [0.15, 0.2) is 82.5 Å². The summed E-state index contributed by atoms with van der Waals surface area (Å²) in [4.78, 5) is 25.4. The van der Waals surface area contributed by atoms with Crippen LogP contribution in [0.25, 0.3) is 0 Å². The van der Waals surface area contributed by atoms with Crippen molar-refractivity contribution in [1.82, 2.24) is 10.0 Å². The molecule has 0 saturated carbocycles. The van der Waals surface area contributed by atoms with Gasteiger partial charge in [-0.25, -0.2) is 10.0 Å². The van der Waals surface area contributed by atoms with E-state index in [1.807, 2.05) is 60.7 Å². The highest BCUT2D eigenvalue weighted by atomic mass is 16.2. The van der Waals surface area contributed by atoms with E-state index >= 15 is 0 Å². The first-order valence-electron chi connectivity index (χ1n) is 8.62. The van der Waals surface area contributed by atoms with E-state index in [9.17, 15) is 9.59 Å². The minimum absolute atomic E-state index is 0.170. The molecule has 2 amide bonds. The molecule has 0 saturated heterocycles. The van der Waals surface area contributed by atoms with E-state index in [0.717, 1.165) is 11.1 Å². The van der Waals surface area contributed by atoms with E-state index in [2.05, 4.69) is 10.2 Å². The van der Waals surface area contributed by atoms with E-state index < -0.39 is 5.92 Å². The van der Waals surface area contributed by atoms with Crippen molar-refractivity contribution in [2.24, 2.45) is 16.1 Å². The number of hydrogen-bond acceptors (Lipinski definition) is 4. The monoisotopic (exact) mass is 358 g/mol. The van der Waals surface area contributed by atoms with Crippen LogP contribution < -0.4 is 0 Å². The van der Waals surface area contributed by atoms with Gasteiger partial charge in [0.1, 0.15) is 11.6 Å². The summed E-state index contributed by atoms with van der Waals surface area (Å²) in [5.41, 5.74) is 3.30. The van der Waals surface area contributed by atoms with Crippen LogP contribution in [0, 0.1) is 5.92 Å². The molecule has 0 aliphatic carbocycles. The summed E-state index contributed by atoms with van der Waals surface area (Å²) < 4.78 is 0. The average Bonchev–Trinajstić information content (AvgIpc) is 3.15. The standard InChI is InChI=1S/C21H18N4O2/c1-24-20(26)16(18(22-24)14-9-5-3-6-10-14)13-17-19(23-25(2)21(17)27)15-11-7-4-8-12-15/h3-13,16H,1-2H3/b17-13-. The minimum Gasteiger partial charge on any atom is -0.272 e. The van der Waals surface area contributed by atoms with Crippen LogP contribution in [-0.4, -0.2) is 47.4 Å². The Kier molecular flexibility index (Phi) is 4.16. The van der Waals surface area contributed by atoms with Crippen LogP contribution in [0.5, 0.6) is 0 Å². The molecule has 0 fully saturated rings. The van der Waals surface area contributed by atoms with Gasteiger partial charge in [0.05, 0.1) is 11.3 Å². The van der Waals surface area contributed by atoms with Crippen LogP contribution in [-0.2, 0) is 9.59 Å². The molecular weight excluding hydrogens is 340 g/mol. The van der Waals surface area contributed by atoms with Gasteiger partial charge >= 0.3 is 0 Å². The van der Waals surface area contributed by atoms with Crippen molar-refractivity contribution >= 4 is 23.2 Å². The predicted molar refractivity (Wildman–Crippen MR) is 103 cm³/mol. The Morgan fingerprint density at radius 1 is 0.815 bits per heavy atom. The molecular formula is C21H18N4O2. The SMILES string of the molecule is CN1N=C(c2ccccc2)/C(=C/C2C(=O)N(C)N=C2c2ccccc2)C1=O. The van der Waals surface area contributed by atoms with Crippen LogP contribution >= 0.6 is 0 Å². The quantitative estimate of drug-likeness (QED) is 0.790. The van der Waals surface area contributed by atoms with Crippen LogP contribution in [0.1, 0.15) is 11.1 Å². The van der Waals surface area contributed by atoms with Crippen molar-refractivity contribution in [3.8, 4) is 0 Å². The maximum Gasteiger partial charge on any atom is 0.275 e. The summed E-state index contributed by atoms with van der Waals surface area (Å²) in [5.74, 6) is -1.03. The molecule has 2 aliphatic rings. The maximum atomic E-state index is 12.7. The molecule has 2 aromatic rings. The predicted octanol–water partition coefficient (Wildman–Crippen LogP) is 2.28. The number of rotatable bonds is 3. The molecule has 2 aromatic carbocycles. The molecule has 2 heterocycles. The third-order valence-electron chi connectivity index (χ3n) is 4.62. The second kappa shape index (κ2) is 6.64. The number of amides is 2. The van der Waals surface area contributed by atoms with Gasteiger partial charge in [-0.15, -0.1) is 0 Å². The first kappa shape index (κ1) is 16.9. The zero-order valence-corrected chi connectivity index (χ0v) is 15.0. The minimum atomic E-state index is -0.628. The van der Waals surface area contributed by atoms with Gasteiger partial charge in [-0.3, -0.25) is 9.59 Å². The Morgan fingerprint density at radius 3 is 2.04 bits per heavy atom. The lowest BCUT2D eigenvalue weighted by molar-refractivity contribution is -0.129. The summed E-state index contributed by atoms with van der Waals surface area (Å²) in [6.45, 7) is 0. The van der Waals surface area contributed by atoms with Gasteiger partial charge in [-0.05, 0) is 5.56 Å². The highest BCUT2D eigenvalue weighted by Gasteiger charge is 2.37. The third-order valence-corrected chi connectivity index (χ3v) is 4.62. The highest BCUT2D eigenvalue weighted by molar-refractivity contribution is 6.31. The van der Waals surface area contributed by atoms with Gasteiger partial charge < -0.3 is 0 Å². The smallest absolute Gasteiger partial charge is 0.272 e. The number of hydrazone groups is 2. The van der Waals surface area contributed by atoms with Crippen molar-refractivity contribution < 1.29 is 9.59 Å². The van der Waals surface area contributed by atoms with Gasteiger partial charge in [-0.2, -0.15) is 10.2 Å². The summed E-state index contributed by atoms with van der Waals surface area (Å²) in [6.07, 6.45) is 1.69. The van der Waals surface area contributed by atoms with E-state index in [0.29, 0.717) is 17.0 Å². The van der Waals surface area contributed by atoms with E-state index in [4.69, 9.17) is 0 Å². The summed E-state index contributed by atoms with van der Waals surface area (Å²) >= 11 is 0. The first-order valence-corrected chi connectivity index (χ1v) is 8.62. The molecule has 0 radical (unpaired) electrons. The molecule has 0 N–H and O–H groups in total. The van der Waals surface area contributed by atoms with E-state index in [1.54, 1.807) is 20.2 Å². The lowest BCUT2D eigenvalue weighted by Gasteiger charge is -2.10. The Morgan fingerprint density at radius 2 is 1.41 bits per heavy atom. The van der Waals surface area contributed by atoms with Crippen molar-refractivity contribution in [3.05, 3.63) is 83.4 Å². The Labute approximate surface area is 157 Å². The van der Waals surface area contributed by atoms with Crippen LogP contribution in [0.2, 0.25) is 0 Å². The van der Waals surface area contributed by atoms with Crippen molar-refractivity contribution in [3.63, 3.8) is 0 Å². The van der Waals surface area contributed by atoms with Crippen LogP contribution in [0.4, 0.5) is 0 Å². The molecule has 0 bridgehead atoms. The van der Waals surface area contributed by atoms with Gasteiger partial charge in [0, 0.05) is 19.7 Å². The molecule has 6 heteroatoms. The summed E-state index contributed by atoms with van der Waals surface area (Å²) in [5, 5.41) is 11.4. The number of nitrogens with zero attached hydrogens (tertiary/aromatic N) is 4. The fraction of sp³-hybridized carbons (Fsp3) is 0.143. The largest absolute Gasteiger partial charge is 0.275 e. The lowest BCUT2D eigenvalue weighted by Crippen LogP contribution is -2.26. The number of carbonyl (C=O) groups excluding carboxylic acids is 2. The zero-order valence-electron chi connectivity index (χ0n) is 15.0. The molecule has 0 aromatic heterocycles. The van der Waals surface area contributed by atoms with Gasteiger partial charge in [0.15, 0.2) is 0 Å². The molecule has 27 heavy (non-hydrogen) atoms. The molecule has 2 aliphatic heterocycles. The molecule has 6 nitrogen and oxygen atoms in total. The van der Waals surface area contributed by atoms with Gasteiger partial charge in [-0.1, -0.05) is 66.7 Å². The molecule has 1 unspecified atom stereocenters. The topological polar surface area (TPSA) is 65.3 Å². The van der Waals surface area contributed by atoms with Crippen LogP contribution in [0.3, 0.4) is 0 Å². The van der Waals surface area contributed by atoms with Gasteiger partial charge in [0.25, 0.3) is 11.8 Å². The Balaban J connectivity index is 1.78. The van der Waals surface area contributed by atoms with Crippen molar-refractivity contribution in [2.45, 2.75) is 0 Å². The molecule has 4 rings (SSSR count). The third kappa shape index (κ3) is 2.95. The maximum absolute atomic E-state index is 12.7. The second-order valence-electron chi connectivity index (χ2n) is 6.41. The fourth-order valence-electron chi connectivity index (χ4n) is 3.24. The lowest BCUT2D eigenvalue weighted by atomic mass is 9.92. The average molecular weight is 358 g/mol. The number of carbonyl (C=O) groups is 2. The molecule has 134 valence electrons. The molecule has 0 spiro atoms. The zero-order chi connectivity index (χ0) is 19.0. The highest BCUT2D eigenvalue weighted by Crippen LogP contribution is 2.26. The summed E-state index contributed by atoms with van der Waals surface area (Å²) in [7, 11) is 3.24. The first-order chi connectivity index (χ1) is 13.1. The number of likely N-dealkylation sites (N-methyl/N-ethyl adjacent to an activating group) is 1. The number of benzene rings is 2. The van der Waals surface area contributed by atoms with Crippen molar-refractivity contribution in [2.75, 3.05) is 14.1 Å². The fourth-order valence-corrected chi connectivity index (χ4v) is 3.24. The normalized spacial score (nSPS) is 21.1. The Bertz CT molecular complexity index is 993. The van der Waals surface area contributed by atoms with Gasteiger partial charge in [0.2, 0.25) is 0 Å². The van der Waals surface area contributed by atoms with Crippen molar-refractivity contribution in [1.29, 1.82) is 0 Å². The second-order valence-corrected chi connectivity index (χ2v) is 6.41. The summed E-state index contributed by atoms with van der Waals surface area (Å²) in [6, 6.07) is 19.0.